The van der Waals surface area contributed by atoms with Crippen molar-refractivity contribution in [1.29, 1.82) is 0 Å². The van der Waals surface area contributed by atoms with Gasteiger partial charge < -0.3 is 19.7 Å². The van der Waals surface area contributed by atoms with E-state index in [4.69, 9.17) is 9.47 Å². The molecule has 7 heteroatoms. The highest BCUT2D eigenvalue weighted by atomic mass is 16.6. The molecule has 5 rings (SSSR count). The van der Waals surface area contributed by atoms with Gasteiger partial charge in [0.15, 0.2) is 0 Å². The maximum atomic E-state index is 13.3. The fraction of sp³-hybridized carbons (Fsp3) is 0.735. The highest BCUT2D eigenvalue weighted by Gasteiger charge is 2.64. The summed E-state index contributed by atoms with van der Waals surface area (Å²) < 4.78 is 12.1. The van der Waals surface area contributed by atoms with Gasteiger partial charge in [-0.25, -0.2) is 0 Å². The molecule has 226 valence electrons. The highest BCUT2D eigenvalue weighted by molar-refractivity contribution is 5.94. The van der Waals surface area contributed by atoms with Gasteiger partial charge >= 0.3 is 11.9 Å². The van der Waals surface area contributed by atoms with E-state index in [1.54, 1.807) is 12.1 Å². The number of carbonyl (C=O) groups is 3. The molecule has 0 bridgehead atoms. The first-order valence-electron chi connectivity index (χ1n) is 15.7. The minimum absolute atomic E-state index is 0.0859. The van der Waals surface area contributed by atoms with Crippen LogP contribution in [0, 0.1) is 40.4 Å². The third kappa shape index (κ3) is 5.32. The zero-order chi connectivity index (χ0) is 29.7. The average molecular weight is 567 g/mol. The highest BCUT2D eigenvalue weighted by Crippen LogP contribution is 2.68. The van der Waals surface area contributed by atoms with Crippen LogP contribution in [-0.2, 0) is 19.1 Å². The Morgan fingerprint density at radius 2 is 1.51 bits per heavy atom. The van der Waals surface area contributed by atoms with Crippen LogP contribution in [0.1, 0.15) is 89.9 Å². The van der Waals surface area contributed by atoms with E-state index in [2.05, 4.69) is 45.1 Å². The van der Waals surface area contributed by atoms with E-state index in [1.807, 2.05) is 18.2 Å². The number of nitrogens with zero attached hydrogens (tertiary/aromatic N) is 1. The van der Waals surface area contributed by atoms with E-state index in [9.17, 15) is 14.4 Å². The lowest BCUT2D eigenvalue weighted by Gasteiger charge is -2.63. The molecule has 4 saturated carbocycles. The number of hydrogen-bond acceptors (Lipinski definition) is 6. The number of esters is 2. The summed E-state index contributed by atoms with van der Waals surface area (Å²) in [6.07, 6.45) is 6.50. The predicted octanol–water partition coefficient (Wildman–Crippen LogP) is 5.48. The molecule has 4 fully saturated rings. The Morgan fingerprint density at radius 3 is 2.15 bits per heavy atom. The molecule has 7 nitrogen and oxygen atoms in total. The van der Waals surface area contributed by atoms with Crippen molar-refractivity contribution in [3.8, 4) is 0 Å². The van der Waals surface area contributed by atoms with Crippen molar-refractivity contribution in [3.05, 3.63) is 35.9 Å². The molecule has 41 heavy (non-hydrogen) atoms. The summed E-state index contributed by atoms with van der Waals surface area (Å²) in [5.74, 6) is 1.55. The van der Waals surface area contributed by atoms with Crippen LogP contribution in [0.2, 0.25) is 0 Å². The Labute approximate surface area is 246 Å². The molecule has 0 aromatic heterocycles. The molecule has 1 aromatic carbocycles. The number of amides is 1. The number of carbonyl (C=O) groups excluding carboxylic acids is 3. The average Bonchev–Trinajstić information content (AvgIpc) is 3.26. The lowest BCUT2D eigenvalue weighted by Crippen LogP contribution is -2.67. The van der Waals surface area contributed by atoms with Crippen molar-refractivity contribution >= 4 is 17.8 Å². The number of hydrogen-bond donors (Lipinski definition) is 1. The van der Waals surface area contributed by atoms with Crippen LogP contribution in [0.5, 0.6) is 0 Å². The fourth-order valence-corrected chi connectivity index (χ4v) is 10.2. The Bertz CT molecular complexity index is 1140. The van der Waals surface area contributed by atoms with E-state index >= 15 is 0 Å². The molecule has 0 unspecified atom stereocenters. The van der Waals surface area contributed by atoms with Crippen LogP contribution in [0.15, 0.2) is 30.3 Å². The van der Waals surface area contributed by atoms with Crippen LogP contribution < -0.4 is 5.32 Å². The molecule has 1 N–H and O–H groups in total. The summed E-state index contributed by atoms with van der Waals surface area (Å²) in [6.45, 7) is 10.2. The maximum Gasteiger partial charge on any atom is 0.302 e. The van der Waals surface area contributed by atoms with Crippen molar-refractivity contribution in [3.63, 3.8) is 0 Å². The van der Waals surface area contributed by atoms with Gasteiger partial charge in [0, 0.05) is 31.4 Å². The van der Waals surface area contributed by atoms with Gasteiger partial charge in [-0.2, -0.15) is 0 Å². The molecule has 0 radical (unpaired) electrons. The standard InChI is InChI=1S/C34H50N2O5/c1-20(36(6)7)25-15-16-26-24-13-14-28-31(41-22(3)38)30(35-32(39)23-11-9-8-10-12-23)29(40-21(2)37)19-34(28,5)27(24)17-18-33(25,26)4/h8-12,20,24-31H,13-19H2,1-7H3,(H,35,39)/t20-,24+,25+,26+,27-,28-,29-,30-,31+,33+,34+/m0/s1. The van der Waals surface area contributed by atoms with Crippen LogP contribution in [0.4, 0.5) is 0 Å². The van der Waals surface area contributed by atoms with E-state index in [1.165, 1.54) is 33.1 Å². The van der Waals surface area contributed by atoms with E-state index in [-0.39, 0.29) is 29.2 Å². The Balaban J connectivity index is 1.47. The second-order valence-corrected chi connectivity index (χ2v) is 14.3. The molecule has 1 aromatic rings. The quantitative estimate of drug-likeness (QED) is 0.459. The van der Waals surface area contributed by atoms with E-state index in [0.717, 1.165) is 19.3 Å². The van der Waals surface area contributed by atoms with Gasteiger partial charge in [-0.15, -0.1) is 0 Å². The first kappa shape index (κ1) is 30.1. The van der Waals surface area contributed by atoms with Gasteiger partial charge in [-0.05, 0) is 113 Å². The second kappa shape index (κ2) is 11.3. The minimum Gasteiger partial charge on any atom is -0.460 e. The minimum atomic E-state index is -0.601. The number of benzene rings is 1. The summed E-state index contributed by atoms with van der Waals surface area (Å²) >= 11 is 0. The molecular weight excluding hydrogens is 516 g/mol. The lowest BCUT2D eigenvalue weighted by atomic mass is 9.43. The fourth-order valence-electron chi connectivity index (χ4n) is 10.2. The number of ether oxygens (including phenoxy) is 2. The largest absolute Gasteiger partial charge is 0.460 e. The van der Waals surface area contributed by atoms with Crippen molar-refractivity contribution < 1.29 is 23.9 Å². The lowest BCUT2D eigenvalue weighted by molar-refractivity contribution is -0.202. The third-order valence-electron chi connectivity index (χ3n) is 12.2. The maximum absolute atomic E-state index is 13.3. The third-order valence-corrected chi connectivity index (χ3v) is 12.2. The summed E-state index contributed by atoms with van der Waals surface area (Å²) in [4.78, 5) is 40.6. The van der Waals surface area contributed by atoms with Gasteiger partial charge in [0.05, 0.1) is 0 Å². The summed E-state index contributed by atoms with van der Waals surface area (Å²) in [5.41, 5.74) is 0.699. The SMILES string of the molecule is CC(=O)O[C@H]1[C@@H](NC(=O)c2ccccc2)[C@@H](OC(C)=O)C[C@]2(C)[C@H]3CC[C@@]4(C)[C@H](CC[C@@H]4[C@H](C)N(C)C)[C@H]3CC[C@@H]12. The number of fused-ring (bicyclic) bond motifs is 5. The molecular formula is C34H50N2O5. The molecule has 4 aliphatic rings. The van der Waals surface area contributed by atoms with Crippen molar-refractivity contribution in [1.82, 2.24) is 10.2 Å². The summed E-state index contributed by atoms with van der Waals surface area (Å²) in [7, 11) is 4.41. The molecule has 0 aliphatic heterocycles. The Morgan fingerprint density at radius 1 is 0.878 bits per heavy atom. The van der Waals surface area contributed by atoms with Crippen molar-refractivity contribution in [2.24, 2.45) is 40.4 Å². The number of rotatable bonds is 6. The predicted molar refractivity (Wildman–Crippen MR) is 158 cm³/mol. The van der Waals surface area contributed by atoms with E-state index < -0.39 is 18.2 Å². The van der Waals surface area contributed by atoms with Crippen molar-refractivity contribution in [2.45, 2.75) is 104 Å². The normalized spacial score (nSPS) is 40.5. The monoisotopic (exact) mass is 566 g/mol. The van der Waals surface area contributed by atoms with Gasteiger partial charge in [-0.3, -0.25) is 14.4 Å². The molecule has 1 amide bonds. The summed E-state index contributed by atoms with van der Waals surface area (Å²) in [5, 5.41) is 3.14. The molecule has 4 aliphatic carbocycles. The zero-order valence-corrected chi connectivity index (χ0v) is 26.0. The first-order chi connectivity index (χ1) is 19.4. The van der Waals surface area contributed by atoms with Gasteiger partial charge in [-0.1, -0.05) is 32.0 Å². The van der Waals surface area contributed by atoms with Gasteiger partial charge in [0.2, 0.25) is 0 Å². The smallest absolute Gasteiger partial charge is 0.302 e. The Kier molecular flexibility index (Phi) is 8.32. The molecule has 0 heterocycles. The van der Waals surface area contributed by atoms with Crippen LogP contribution in [0.3, 0.4) is 0 Å². The molecule has 11 atom stereocenters. The molecule has 0 spiro atoms. The zero-order valence-electron chi connectivity index (χ0n) is 26.0. The Hall–Kier alpha value is -2.41. The number of nitrogens with one attached hydrogen (secondary N) is 1. The van der Waals surface area contributed by atoms with Crippen LogP contribution >= 0.6 is 0 Å². The second-order valence-electron chi connectivity index (χ2n) is 14.3. The summed E-state index contributed by atoms with van der Waals surface area (Å²) in [6, 6.07) is 9.00. The topological polar surface area (TPSA) is 84.9 Å². The van der Waals surface area contributed by atoms with Gasteiger partial charge in [0.25, 0.3) is 5.91 Å². The molecule has 0 saturated heterocycles. The van der Waals surface area contributed by atoms with Gasteiger partial charge in [0.1, 0.15) is 18.2 Å². The van der Waals surface area contributed by atoms with Crippen LogP contribution in [0.25, 0.3) is 0 Å². The van der Waals surface area contributed by atoms with Crippen molar-refractivity contribution in [2.75, 3.05) is 14.1 Å². The first-order valence-corrected chi connectivity index (χ1v) is 15.7. The van der Waals surface area contributed by atoms with E-state index in [0.29, 0.717) is 47.1 Å². The van der Waals surface area contributed by atoms with Crippen LogP contribution in [-0.4, -0.2) is 61.1 Å².